The number of hydrogen-bond donors (Lipinski definition) is 6. The molecule has 6 N–H and O–H groups in total. The second-order valence-corrected chi connectivity index (χ2v) is 6.37. The first kappa shape index (κ1) is 19.0. The molecule has 0 saturated carbocycles. The van der Waals surface area contributed by atoms with Crippen LogP contribution in [0.2, 0.25) is 0 Å². The highest BCUT2D eigenvalue weighted by Gasteiger charge is 2.43. The summed E-state index contributed by atoms with van der Waals surface area (Å²) in [5.74, 6) is -0.291. The maximum absolute atomic E-state index is 10.4. The van der Waals surface area contributed by atoms with Crippen LogP contribution in [-0.4, -0.2) is 104 Å². The number of nitrogens with one attached hydrogen (secondary N) is 3. The zero-order valence-corrected chi connectivity index (χ0v) is 13.9. The molecule has 2 fully saturated rings. The highest BCUT2D eigenvalue weighted by Crippen LogP contribution is 2.27. The topological polar surface area (TPSA) is 109 Å². The Bertz CT molecular complexity index is 323. The minimum atomic E-state index is -0.970. The van der Waals surface area contributed by atoms with Gasteiger partial charge in [-0.2, -0.15) is 0 Å². The smallest absolute Gasteiger partial charge is 0.139 e. The number of hydrogen-bond acceptors (Lipinski definition) is 8. The molecular weight excluding hydrogens is 300 g/mol. The van der Waals surface area contributed by atoms with Crippen molar-refractivity contribution in [1.29, 1.82) is 0 Å². The summed E-state index contributed by atoms with van der Waals surface area (Å²) >= 11 is 0. The fourth-order valence-electron chi connectivity index (χ4n) is 3.13. The Hall–Kier alpha value is -0.320. The molecule has 0 aromatic heterocycles. The maximum Gasteiger partial charge on any atom is 0.139 e. The molecule has 136 valence electrons. The van der Waals surface area contributed by atoms with Crippen LogP contribution in [-0.2, 0) is 4.74 Å². The summed E-state index contributed by atoms with van der Waals surface area (Å²) in [6, 6.07) is 0. The summed E-state index contributed by atoms with van der Waals surface area (Å²) in [6.07, 6.45) is -2.91. The Morgan fingerprint density at radius 1 is 0.913 bits per heavy atom. The molecule has 5 atom stereocenters. The Morgan fingerprint density at radius 3 is 1.96 bits per heavy atom. The van der Waals surface area contributed by atoms with E-state index >= 15 is 0 Å². The van der Waals surface area contributed by atoms with Gasteiger partial charge < -0.3 is 36.0 Å². The molecular formula is C15H32N4O4. The van der Waals surface area contributed by atoms with Crippen molar-refractivity contribution in [3.05, 3.63) is 0 Å². The molecule has 8 heteroatoms. The molecule has 2 unspecified atom stereocenters. The zero-order valence-electron chi connectivity index (χ0n) is 13.9. The molecule has 0 bridgehead atoms. The van der Waals surface area contributed by atoms with Crippen LogP contribution in [0.25, 0.3) is 0 Å². The lowest BCUT2D eigenvalue weighted by molar-refractivity contribution is -0.246. The third kappa shape index (κ3) is 5.33. The lowest BCUT2D eigenvalue weighted by Gasteiger charge is -2.45. The van der Waals surface area contributed by atoms with Crippen molar-refractivity contribution < 1.29 is 20.1 Å². The van der Waals surface area contributed by atoms with E-state index in [9.17, 15) is 15.3 Å². The molecule has 0 amide bonds. The van der Waals surface area contributed by atoms with Crippen molar-refractivity contribution in [2.24, 2.45) is 5.92 Å². The lowest BCUT2D eigenvalue weighted by atomic mass is 9.90. The van der Waals surface area contributed by atoms with Crippen LogP contribution >= 0.6 is 0 Å². The Kier molecular flexibility index (Phi) is 8.14. The average Bonchev–Trinajstić information content (AvgIpc) is 2.54. The van der Waals surface area contributed by atoms with E-state index in [0.717, 1.165) is 39.3 Å². The third-order valence-corrected chi connectivity index (χ3v) is 4.73. The average molecular weight is 332 g/mol. The predicted molar refractivity (Wildman–Crippen MR) is 87.1 cm³/mol. The Labute approximate surface area is 138 Å². The van der Waals surface area contributed by atoms with Gasteiger partial charge in [-0.3, -0.25) is 4.90 Å². The van der Waals surface area contributed by atoms with E-state index in [2.05, 4.69) is 16.0 Å². The quantitative estimate of drug-likeness (QED) is 0.321. The minimum absolute atomic E-state index is 0.155. The number of aliphatic hydroxyl groups is 3. The van der Waals surface area contributed by atoms with Gasteiger partial charge in [-0.15, -0.1) is 0 Å². The Morgan fingerprint density at radius 2 is 1.43 bits per heavy atom. The van der Waals surface area contributed by atoms with Crippen LogP contribution < -0.4 is 16.0 Å². The number of aliphatic hydroxyl groups excluding tert-OH is 3. The SMILES string of the molecule is C[C@@H]1C(CO)O[C@@H](N2CCNCCNCCNCC2)C(O)[C@H]1O. The summed E-state index contributed by atoms with van der Waals surface area (Å²) in [4.78, 5) is 2.04. The second kappa shape index (κ2) is 9.85. The van der Waals surface area contributed by atoms with Gasteiger partial charge in [0.15, 0.2) is 0 Å². The molecule has 8 nitrogen and oxygen atoms in total. The fraction of sp³-hybridized carbons (Fsp3) is 1.00. The van der Waals surface area contributed by atoms with Crippen LogP contribution in [0.15, 0.2) is 0 Å². The normalized spacial score (nSPS) is 39.4. The minimum Gasteiger partial charge on any atom is -0.394 e. The molecule has 2 aliphatic rings. The van der Waals surface area contributed by atoms with E-state index in [4.69, 9.17) is 4.74 Å². The van der Waals surface area contributed by atoms with Crippen molar-refractivity contribution in [1.82, 2.24) is 20.9 Å². The zero-order chi connectivity index (χ0) is 16.7. The van der Waals surface area contributed by atoms with Gasteiger partial charge in [-0.25, -0.2) is 0 Å². The van der Waals surface area contributed by atoms with Gasteiger partial charge in [0, 0.05) is 58.3 Å². The monoisotopic (exact) mass is 332 g/mol. The largest absolute Gasteiger partial charge is 0.394 e. The summed E-state index contributed by atoms with van der Waals surface area (Å²) in [5, 5.41) is 40.2. The van der Waals surface area contributed by atoms with Crippen LogP contribution in [0.4, 0.5) is 0 Å². The standard InChI is InChI=1S/C15H32N4O4/c1-11-12(10-20)23-15(14(22)13(11)21)19-8-6-17-4-2-16-3-5-18-7-9-19/h11-18,20-22H,2-10H2,1H3/t11-,12?,13+,14?,15-/m1/s1. The van der Waals surface area contributed by atoms with E-state index in [-0.39, 0.29) is 12.5 Å². The van der Waals surface area contributed by atoms with Crippen LogP contribution in [0.1, 0.15) is 6.92 Å². The molecule has 2 rings (SSSR count). The van der Waals surface area contributed by atoms with Crippen LogP contribution in [0.3, 0.4) is 0 Å². The summed E-state index contributed by atoms with van der Waals surface area (Å²) in [6.45, 7) is 8.25. The van der Waals surface area contributed by atoms with E-state index in [1.807, 2.05) is 4.90 Å². The van der Waals surface area contributed by atoms with Crippen molar-refractivity contribution in [2.45, 2.75) is 31.5 Å². The summed E-state index contributed by atoms with van der Waals surface area (Å²) < 4.78 is 5.89. The van der Waals surface area contributed by atoms with E-state index < -0.39 is 24.5 Å². The van der Waals surface area contributed by atoms with Gasteiger partial charge in [0.2, 0.25) is 0 Å². The molecule has 0 aromatic carbocycles. The van der Waals surface area contributed by atoms with Crippen LogP contribution in [0, 0.1) is 5.92 Å². The van der Waals surface area contributed by atoms with E-state index in [1.54, 1.807) is 6.92 Å². The lowest BCUT2D eigenvalue weighted by Crippen LogP contribution is -2.61. The molecule has 0 radical (unpaired) electrons. The molecule has 0 aliphatic carbocycles. The van der Waals surface area contributed by atoms with Crippen LogP contribution in [0.5, 0.6) is 0 Å². The predicted octanol–water partition coefficient (Wildman–Crippen LogP) is -2.85. The summed E-state index contributed by atoms with van der Waals surface area (Å²) in [5.41, 5.74) is 0. The van der Waals surface area contributed by atoms with Gasteiger partial charge in [0.1, 0.15) is 12.3 Å². The van der Waals surface area contributed by atoms with Crippen molar-refractivity contribution in [3.8, 4) is 0 Å². The van der Waals surface area contributed by atoms with Gasteiger partial charge in [0.05, 0.1) is 18.8 Å². The highest BCUT2D eigenvalue weighted by molar-refractivity contribution is 4.90. The molecule has 2 saturated heterocycles. The molecule has 23 heavy (non-hydrogen) atoms. The summed E-state index contributed by atoms with van der Waals surface area (Å²) in [7, 11) is 0. The van der Waals surface area contributed by atoms with Gasteiger partial charge in [0.25, 0.3) is 0 Å². The molecule has 0 aromatic rings. The van der Waals surface area contributed by atoms with E-state index in [0.29, 0.717) is 13.1 Å². The molecule has 2 heterocycles. The van der Waals surface area contributed by atoms with E-state index in [1.165, 1.54) is 0 Å². The maximum atomic E-state index is 10.4. The highest BCUT2D eigenvalue weighted by atomic mass is 16.5. The number of nitrogens with zero attached hydrogens (tertiary/aromatic N) is 1. The first-order chi connectivity index (χ1) is 11.1. The number of ether oxygens (including phenoxy) is 1. The number of rotatable bonds is 2. The second-order valence-electron chi connectivity index (χ2n) is 6.37. The first-order valence-electron chi connectivity index (χ1n) is 8.63. The molecule has 0 spiro atoms. The first-order valence-corrected chi connectivity index (χ1v) is 8.63. The fourth-order valence-corrected chi connectivity index (χ4v) is 3.13. The third-order valence-electron chi connectivity index (χ3n) is 4.73. The van der Waals surface area contributed by atoms with Crippen molar-refractivity contribution >= 4 is 0 Å². The van der Waals surface area contributed by atoms with Gasteiger partial charge >= 0.3 is 0 Å². The van der Waals surface area contributed by atoms with Crippen molar-refractivity contribution in [2.75, 3.05) is 59.0 Å². The molecule has 2 aliphatic heterocycles. The van der Waals surface area contributed by atoms with Gasteiger partial charge in [-0.1, -0.05) is 6.92 Å². The van der Waals surface area contributed by atoms with Crippen molar-refractivity contribution in [3.63, 3.8) is 0 Å². The Balaban J connectivity index is 1.98. The van der Waals surface area contributed by atoms with Gasteiger partial charge in [-0.05, 0) is 0 Å².